The maximum absolute atomic E-state index is 8.28. The zero-order valence-corrected chi connectivity index (χ0v) is 10.8. The highest BCUT2D eigenvalue weighted by Gasteiger charge is 2.51. The number of methoxy groups -OCH3 is 1. The van der Waals surface area contributed by atoms with E-state index in [2.05, 4.69) is 0 Å². The minimum Gasteiger partial charge on any atom is -0.497 e. The molecule has 0 aliphatic carbocycles. The van der Waals surface area contributed by atoms with Crippen molar-refractivity contribution in [2.45, 2.75) is 45.7 Å². The zero-order chi connectivity index (χ0) is 21.2. The Hall–Kier alpha value is -0.995. The molecular formula is C14H21BO3. The molecule has 1 fully saturated rings. The molecule has 1 heterocycles. The summed E-state index contributed by atoms with van der Waals surface area (Å²) in [6.07, 6.45) is 0. The quantitative estimate of drug-likeness (QED) is 0.761. The summed E-state index contributed by atoms with van der Waals surface area (Å²) in [6, 6.07) is -2.07. The van der Waals surface area contributed by atoms with E-state index >= 15 is 0 Å². The van der Waals surface area contributed by atoms with Gasteiger partial charge in [-0.15, -0.1) is 0 Å². The van der Waals surface area contributed by atoms with Gasteiger partial charge in [0.1, 0.15) is 5.75 Å². The summed E-state index contributed by atoms with van der Waals surface area (Å²) in [5, 5.41) is 0. The van der Waals surface area contributed by atoms with Crippen molar-refractivity contribution in [3.8, 4) is 5.75 Å². The Morgan fingerprint density at radius 1 is 1.17 bits per heavy atom. The summed E-state index contributed by atoms with van der Waals surface area (Å²) >= 11 is 0. The van der Waals surface area contributed by atoms with Gasteiger partial charge in [-0.1, -0.05) is 6.04 Å². The van der Waals surface area contributed by atoms with Crippen LogP contribution >= 0.6 is 0 Å². The van der Waals surface area contributed by atoms with Crippen LogP contribution in [0.25, 0.3) is 0 Å². The van der Waals surface area contributed by atoms with Crippen LogP contribution in [0.5, 0.6) is 5.75 Å². The molecule has 0 aromatic heterocycles. The fourth-order valence-electron chi connectivity index (χ4n) is 1.59. The number of hydrogen-bond donors (Lipinski definition) is 0. The van der Waals surface area contributed by atoms with Crippen molar-refractivity contribution in [1.82, 2.24) is 0 Å². The van der Waals surface area contributed by atoms with E-state index in [4.69, 9.17) is 26.4 Å². The van der Waals surface area contributed by atoms with Gasteiger partial charge in [0, 0.05) is 4.11 Å². The monoisotopic (exact) mass is 257 g/mol. The molecule has 98 valence electrons. The Morgan fingerprint density at radius 3 is 2.39 bits per heavy atom. The molecule has 0 unspecified atom stereocenters. The second-order valence-corrected chi connectivity index (χ2v) is 5.18. The topological polar surface area (TPSA) is 27.7 Å². The molecule has 0 N–H and O–H groups in total. The minimum atomic E-state index is -3.01. The summed E-state index contributed by atoms with van der Waals surface area (Å²) in [7, 11) is -4.29. The number of ether oxygens (including phenoxy) is 1. The first-order chi connectivity index (χ1) is 11.9. The largest absolute Gasteiger partial charge is 0.497 e. The van der Waals surface area contributed by atoms with Gasteiger partial charge in [-0.2, -0.15) is 0 Å². The van der Waals surface area contributed by atoms with Crippen molar-refractivity contribution < 1.29 is 26.4 Å². The van der Waals surface area contributed by atoms with Gasteiger partial charge in [-0.3, -0.25) is 0 Å². The molecule has 0 atom stereocenters. The van der Waals surface area contributed by atoms with Crippen LogP contribution < -0.4 is 10.2 Å². The summed E-state index contributed by atoms with van der Waals surface area (Å²) < 4.78 is 85.5. The molecule has 4 heteroatoms. The molecule has 2 rings (SSSR count). The van der Waals surface area contributed by atoms with Gasteiger partial charge in [0.05, 0.1) is 26.5 Å². The standard InChI is InChI=1S/C14H21BO3/c1-10-7-11(9-12(8-10)16-6)15-17-13(2,3)14(4,5)18-15/h7-9H,1-6H3/i1D3,6D3,7D,8D,9D. The lowest BCUT2D eigenvalue weighted by molar-refractivity contribution is 0.00578. The van der Waals surface area contributed by atoms with Crippen molar-refractivity contribution in [1.29, 1.82) is 0 Å². The Kier molecular flexibility index (Phi) is 1.42. The van der Waals surface area contributed by atoms with Crippen LogP contribution in [0.3, 0.4) is 0 Å². The summed E-state index contributed by atoms with van der Waals surface area (Å²) in [6.45, 7) is 4.06. The average Bonchev–Trinajstić information content (AvgIpc) is 2.60. The maximum Gasteiger partial charge on any atom is 0.494 e. The van der Waals surface area contributed by atoms with E-state index in [1.165, 1.54) is 0 Å². The number of rotatable bonds is 2. The Balaban J connectivity index is 2.77. The molecule has 0 radical (unpaired) electrons. The van der Waals surface area contributed by atoms with Crippen molar-refractivity contribution in [3.05, 3.63) is 23.7 Å². The molecule has 0 saturated carbocycles. The number of benzene rings is 1. The smallest absolute Gasteiger partial charge is 0.494 e. The van der Waals surface area contributed by atoms with Crippen molar-refractivity contribution in [2.75, 3.05) is 7.04 Å². The SMILES string of the molecule is [2H]c1c(OC([2H])([2H])[2H])c([2H])c(C([2H])([2H])[2H])c([2H])c1B1OC(C)(C)C(C)(C)O1. The molecule has 1 aliphatic rings. The first kappa shape index (κ1) is 5.97. The van der Waals surface area contributed by atoms with E-state index in [0.717, 1.165) is 0 Å². The number of hydrogen-bond acceptors (Lipinski definition) is 3. The highest BCUT2D eigenvalue weighted by molar-refractivity contribution is 6.62. The van der Waals surface area contributed by atoms with E-state index in [9.17, 15) is 0 Å². The first-order valence-corrected chi connectivity index (χ1v) is 5.58. The predicted molar refractivity (Wildman–Crippen MR) is 73.4 cm³/mol. The van der Waals surface area contributed by atoms with Gasteiger partial charge in [-0.25, -0.2) is 0 Å². The van der Waals surface area contributed by atoms with E-state index in [1.54, 1.807) is 27.7 Å². The van der Waals surface area contributed by atoms with Gasteiger partial charge < -0.3 is 14.0 Å². The lowest BCUT2D eigenvalue weighted by atomic mass is 9.78. The van der Waals surface area contributed by atoms with Gasteiger partial charge in [0.25, 0.3) is 0 Å². The zero-order valence-electron chi connectivity index (χ0n) is 19.8. The maximum atomic E-state index is 8.28. The van der Waals surface area contributed by atoms with Gasteiger partial charge in [-0.05, 0) is 57.7 Å². The molecule has 1 aromatic carbocycles. The predicted octanol–water partition coefficient (Wildman–Crippen LogP) is 2.30. The molecule has 1 aliphatic heterocycles. The summed E-state index contributed by atoms with van der Waals surface area (Å²) in [4.78, 5) is 0. The lowest BCUT2D eigenvalue weighted by Gasteiger charge is -2.32. The van der Waals surface area contributed by atoms with Crippen molar-refractivity contribution in [2.24, 2.45) is 0 Å². The molecule has 0 amide bonds. The second-order valence-electron chi connectivity index (χ2n) is 5.18. The average molecular weight is 257 g/mol. The van der Waals surface area contributed by atoms with Crippen LogP contribution in [-0.2, 0) is 9.31 Å². The van der Waals surface area contributed by atoms with Crippen LogP contribution in [-0.4, -0.2) is 25.4 Å². The van der Waals surface area contributed by atoms with Gasteiger partial charge >= 0.3 is 7.12 Å². The van der Waals surface area contributed by atoms with E-state index in [-0.39, 0.29) is 5.46 Å². The summed E-state index contributed by atoms with van der Waals surface area (Å²) in [5.74, 6) is -0.748. The van der Waals surface area contributed by atoms with Crippen LogP contribution in [0.2, 0.25) is 0 Å². The van der Waals surface area contributed by atoms with E-state index < -0.39 is 61.7 Å². The van der Waals surface area contributed by atoms with Gasteiger partial charge in [0.2, 0.25) is 0 Å². The molecule has 1 aromatic rings. The fraction of sp³-hybridized carbons (Fsp3) is 0.571. The van der Waals surface area contributed by atoms with Crippen LogP contribution in [0.1, 0.15) is 45.6 Å². The highest BCUT2D eigenvalue weighted by Crippen LogP contribution is 2.36. The molecule has 18 heavy (non-hydrogen) atoms. The normalized spacial score (nSPS) is 29.8. The van der Waals surface area contributed by atoms with Crippen LogP contribution in [0.15, 0.2) is 18.1 Å². The molecular weight excluding hydrogens is 227 g/mol. The highest BCUT2D eigenvalue weighted by atomic mass is 16.7. The third kappa shape index (κ3) is 2.27. The lowest BCUT2D eigenvalue weighted by Crippen LogP contribution is -2.41. The van der Waals surface area contributed by atoms with Gasteiger partial charge in [0.15, 0.2) is 0 Å². The fourth-order valence-corrected chi connectivity index (χ4v) is 1.59. The third-order valence-corrected chi connectivity index (χ3v) is 3.34. The molecule has 1 saturated heterocycles. The molecule has 0 bridgehead atoms. The van der Waals surface area contributed by atoms with Crippen LogP contribution in [0.4, 0.5) is 0 Å². The van der Waals surface area contributed by atoms with Crippen LogP contribution in [0, 0.1) is 6.85 Å². The Labute approximate surface area is 122 Å². The Bertz CT molecular complexity index is 740. The van der Waals surface area contributed by atoms with E-state index in [0.29, 0.717) is 0 Å². The summed E-state index contributed by atoms with van der Waals surface area (Å²) in [5.41, 5.74) is -2.67. The van der Waals surface area contributed by atoms with Crippen molar-refractivity contribution >= 4 is 12.6 Å². The third-order valence-electron chi connectivity index (χ3n) is 3.34. The minimum absolute atomic E-state index is 0.282. The first-order valence-electron chi connectivity index (χ1n) is 10.1. The molecule has 3 nitrogen and oxygen atoms in total. The van der Waals surface area contributed by atoms with E-state index in [1.807, 2.05) is 0 Å². The Morgan fingerprint density at radius 2 is 1.83 bits per heavy atom. The van der Waals surface area contributed by atoms with Crippen molar-refractivity contribution in [3.63, 3.8) is 0 Å². The molecule has 0 spiro atoms. The second kappa shape index (κ2) is 4.28.